The minimum atomic E-state index is 0.00885. The summed E-state index contributed by atoms with van der Waals surface area (Å²) in [4.78, 5) is 12.1. The molecule has 0 spiro atoms. The molecule has 1 unspecified atom stereocenters. The summed E-state index contributed by atoms with van der Waals surface area (Å²) in [7, 11) is 2.00. The third-order valence-corrected chi connectivity index (χ3v) is 4.04. The molecule has 1 atom stereocenters. The lowest BCUT2D eigenvalue weighted by Crippen LogP contribution is -2.20. The van der Waals surface area contributed by atoms with Gasteiger partial charge in [0.15, 0.2) is 0 Å². The first-order chi connectivity index (χ1) is 10.3. The van der Waals surface area contributed by atoms with E-state index < -0.39 is 0 Å². The fourth-order valence-corrected chi connectivity index (χ4v) is 3.03. The Morgan fingerprint density at radius 1 is 1.29 bits per heavy atom. The smallest absolute Gasteiger partial charge is 0.244 e. The highest BCUT2D eigenvalue weighted by Crippen LogP contribution is 2.30. The first-order valence-corrected chi connectivity index (χ1v) is 7.47. The van der Waals surface area contributed by atoms with Crippen LogP contribution in [0.2, 0.25) is 0 Å². The largest absolute Gasteiger partial charge is 0.344 e. The predicted molar refractivity (Wildman–Crippen MR) is 84.2 cm³/mol. The number of aryl methyl sites for hydroxylation is 1. The molecule has 0 saturated heterocycles. The van der Waals surface area contributed by atoms with E-state index in [1.54, 1.807) is 0 Å². The molecule has 1 heterocycles. The highest BCUT2D eigenvalue weighted by Gasteiger charge is 2.20. The van der Waals surface area contributed by atoms with Crippen molar-refractivity contribution in [2.75, 3.05) is 12.4 Å². The second kappa shape index (κ2) is 6.14. The van der Waals surface area contributed by atoms with Crippen LogP contribution in [0.25, 0.3) is 0 Å². The Labute approximate surface area is 125 Å². The van der Waals surface area contributed by atoms with E-state index in [9.17, 15) is 4.79 Å². The van der Waals surface area contributed by atoms with E-state index >= 15 is 0 Å². The number of nitrogens with zero attached hydrogens (tertiary/aromatic N) is 1. The quantitative estimate of drug-likeness (QED) is 0.906. The van der Waals surface area contributed by atoms with Gasteiger partial charge in [-0.25, -0.2) is 0 Å². The molecule has 1 aliphatic carbocycles. The number of amides is 1. The molecule has 21 heavy (non-hydrogen) atoms. The van der Waals surface area contributed by atoms with Gasteiger partial charge in [0.05, 0.1) is 0 Å². The summed E-state index contributed by atoms with van der Waals surface area (Å²) < 4.78 is 2.00. The number of carbonyl (C=O) groups is 1. The fourth-order valence-electron chi connectivity index (χ4n) is 3.03. The molecule has 2 N–H and O–H groups in total. The summed E-state index contributed by atoms with van der Waals surface area (Å²) in [6, 6.07) is 9.99. The maximum Gasteiger partial charge on any atom is 0.244 e. The van der Waals surface area contributed by atoms with Crippen molar-refractivity contribution >= 4 is 11.6 Å². The summed E-state index contributed by atoms with van der Waals surface area (Å²) in [5.41, 5.74) is 3.55. The molecule has 3 rings (SSSR count). The van der Waals surface area contributed by atoms with Gasteiger partial charge in [0, 0.05) is 24.1 Å². The number of carbonyl (C=O) groups excluding carboxylic acids is 1. The first-order valence-electron chi connectivity index (χ1n) is 7.47. The van der Waals surface area contributed by atoms with E-state index in [1.807, 2.05) is 41.9 Å². The zero-order chi connectivity index (χ0) is 14.7. The number of hydrogen-bond acceptors (Lipinski definition) is 2. The van der Waals surface area contributed by atoms with Crippen molar-refractivity contribution in [3.05, 3.63) is 53.9 Å². The van der Waals surface area contributed by atoms with E-state index in [0.29, 0.717) is 12.6 Å². The summed E-state index contributed by atoms with van der Waals surface area (Å²) in [6.07, 6.45) is 7.72. The van der Waals surface area contributed by atoms with Gasteiger partial charge in [-0.05, 0) is 49.6 Å². The highest BCUT2D eigenvalue weighted by molar-refractivity contribution is 5.90. The summed E-state index contributed by atoms with van der Waals surface area (Å²) in [5, 5.41) is 6.27. The van der Waals surface area contributed by atoms with Crippen molar-refractivity contribution in [2.45, 2.75) is 31.8 Å². The molecule has 110 valence electrons. The predicted octanol–water partition coefficient (Wildman–Crippen LogP) is 2.72. The van der Waals surface area contributed by atoms with E-state index in [-0.39, 0.29) is 5.91 Å². The van der Waals surface area contributed by atoms with Gasteiger partial charge in [-0.1, -0.05) is 18.2 Å². The Morgan fingerprint density at radius 3 is 2.86 bits per heavy atom. The van der Waals surface area contributed by atoms with Crippen LogP contribution in [-0.4, -0.2) is 17.5 Å². The third kappa shape index (κ3) is 3.16. The van der Waals surface area contributed by atoms with Gasteiger partial charge in [-0.2, -0.15) is 0 Å². The molecule has 0 saturated carbocycles. The summed E-state index contributed by atoms with van der Waals surface area (Å²) >= 11 is 0. The molecular formula is C17H21N3O. The maximum absolute atomic E-state index is 12.1. The fraction of sp³-hybridized carbons (Fsp3) is 0.353. The molecule has 2 aromatic rings. The molecule has 0 radical (unpaired) electrons. The normalized spacial score (nSPS) is 17.3. The van der Waals surface area contributed by atoms with Crippen LogP contribution in [0.15, 0.2) is 42.7 Å². The number of fused-ring (bicyclic) bond motifs is 1. The second-order valence-corrected chi connectivity index (χ2v) is 5.56. The number of anilines is 1. The first kappa shape index (κ1) is 13.9. The van der Waals surface area contributed by atoms with Crippen LogP contribution in [0.1, 0.15) is 30.0 Å². The SMILES string of the molecule is CNC1CCCc2cn(CC(=O)Nc3ccccc3)cc21. The van der Waals surface area contributed by atoms with Crippen LogP contribution >= 0.6 is 0 Å². The van der Waals surface area contributed by atoms with Gasteiger partial charge in [0.25, 0.3) is 0 Å². The Balaban J connectivity index is 1.68. The van der Waals surface area contributed by atoms with E-state index in [1.165, 1.54) is 24.0 Å². The van der Waals surface area contributed by atoms with Gasteiger partial charge in [0.2, 0.25) is 5.91 Å². The monoisotopic (exact) mass is 283 g/mol. The zero-order valence-corrected chi connectivity index (χ0v) is 12.3. The molecule has 0 fully saturated rings. The Morgan fingerprint density at radius 2 is 2.10 bits per heavy atom. The minimum absolute atomic E-state index is 0.00885. The Kier molecular flexibility index (Phi) is 4.06. The van der Waals surface area contributed by atoms with Gasteiger partial charge in [0.1, 0.15) is 6.54 Å². The summed E-state index contributed by atoms with van der Waals surface area (Å²) in [5.74, 6) is 0.00885. The van der Waals surface area contributed by atoms with Gasteiger partial charge in [-0.15, -0.1) is 0 Å². The number of nitrogens with one attached hydrogen (secondary N) is 2. The van der Waals surface area contributed by atoms with Crippen LogP contribution in [0.5, 0.6) is 0 Å². The minimum Gasteiger partial charge on any atom is -0.344 e. The molecule has 0 bridgehead atoms. The van der Waals surface area contributed by atoms with Gasteiger partial charge < -0.3 is 15.2 Å². The van der Waals surface area contributed by atoms with Crippen molar-refractivity contribution in [1.82, 2.24) is 9.88 Å². The van der Waals surface area contributed by atoms with E-state index in [0.717, 1.165) is 12.1 Å². The van der Waals surface area contributed by atoms with E-state index in [2.05, 4.69) is 23.0 Å². The molecule has 4 nitrogen and oxygen atoms in total. The maximum atomic E-state index is 12.1. The molecule has 1 aromatic heterocycles. The third-order valence-electron chi connectivity index (χ3n) is 4.04. The van der Waals surface area contributed by atoms with Crippen LogP contribution in [0.4, 0.5) is 5.69 Å². The molecule has 1 amide bonds. The second-order valence-electron chi connectivity index (χ2n) is 5.56. The van der Waals surface area contributed by atoms with E-state index in [4.69, 9.17) is 0 Å². The van der Waals surface area contributed by atoms with Crippen LogP contribution in [-0.2, 0) is 17.8 Å². The van der Waals surface area contributed by atoms with Gasteiger partial charge >= 0.3 is 0 Å². The summed E-state index contributed by atoms with van der Waals surface area (Å²) in [6.45, 7) is 0.359. The van der Waals surface area contributed by atoms with Crippen molar-refractivity contribution in [1.29, 1.82) is 0 Å². The lowest BCUT2D eigenvalue weighted by Gasteiger charge is -2.21. The Bertz CT molecular complexity index is 618. The number of para-hydroxylation sites is 1. The molecule has 0 aliphatic heterocycles. The number of benzene rings is 1. The number of aromatic nitrogens is 1. The topological polar surface area (TPSA) is 46.1 Å². The lowest BCUT2D eigenvalue weighted by molar-refractivity contribution is -0.116. The Hall–Kier alpha value is -2.07. The molecule has 4 heteroatoms. The van der Waals surface area contributed by atoms with Crippen molar-refractivity contribution in [3.8, 4) is 0 Å². The highest BCUT2D eigenvalue weighted by atomic mass is 16.1. The van der Waals surface area contributed by atoms with Crippen LogP contribution in [0.3, 0.4) is 0 Å². The number of hydrogen-bond donors (Lipinski definition) is 2. The van der Waals surface area contributed by atoms with Crippen molar-refractivity contribution in [2.24, 2.45) is 0 Å². The van der Waals surface area contributed by atoms with Crippen molar-refractivity contribution < 1.29 is 4.79 Å². The number of rotatable bonds is 4. The molecule has 1 aliphatic rings. The average Bonchev–Trinajstić information content (AvgIpc) is 2.90. The van der Waals surface area contributed by atoms with Crippen molar-refractivity contribution in [3.63, 3.8) is 0 Å². The van der Waals surface area contributed by atoms with Crippen LogP contribution < -0.4 is 10.6 Å². The lowest BCUT2D eigenvalue weighted by atomic mass is 9.91. The zero-order valence-electron chi connectivity index (χ0n) is 12.3. The molecular weight excluding hydrogens is 262 g/mol. The van der Waals surface area contributed by atoms with Crippen LogP contribution in [0, 0.1) is 0 Å². The molecule has 1 aromatic carbocycles. The standard InChI is InChI=1S/C17H21N3O/c1-18-16-9-5-6-13-10-20(11-15(13)16)12-17(21)19-14-7-3-2-4-8-14/h2-4,7-8,10-11,16,18H,5-6,9,12H2,1H3,(H,19,21). The average molecular weight is 283 g/mol. The van der Waals surface area contributed by atoms with Gasteiger partial charge in [-0.3, -0.25) is 4.79 Å².